The number of Topliss-reactive ketones (excluding diaryl/α,β-unsaturated/α-hetero) is 1. The zero-order chi connectivity index (χ0) is 16.2. The first kappa shape index (κ1) is 16.5. The van der Waals surface area contributed by atoms with Crippen LogP contribution in [0.2, 0.25) is 5.02 Å². The molecule has 0 N–H and O–H groups in total. The number of para-hydroxylation sites is 1. The quantitative estimate of drug-likeness (QED) is 0.811. The zero-order valence-corrected chi connectivity index (χ0v) is 13.5. The van der Waals surface area contributed by atoms with Crippen LogP contribution in [0.15, 0.2) is 53.4 Å². The molecule has 0 unspecified atom stereocenters. The van der Waals surface area contributed by atoms with Crippen LogP contribution in [0, 0.1) is 0 Å². The van der Waals surface area contributed by atoms with Crippen molar-refractivity contribution in [1.29, 1.82) is 0 Å². The number of halogens is 1. The van der Waals surface area contributed by atoms with Crippen molar-refractivity contribution in [1.82, 2.24) is 0 Å². The largest absolute Gasteiger partial charge is 0.486 e. The van der Waals surface area contributed by atoms with Gasteiger partial charge in [-0.2, -0.15) is 0 Å². The summed E-state index contributed by atoms with van der Waals surface area (Å²) in [5, 5.41) is 0.476. The van der Waals surface area contributed by atoms with Crippen LogP contribution in [0.3, 0.4) is 0 Å². The van der Waals surface area contributed by atoms with Crippen molar-refractivity contribution in [3.8, 4) is 5.75 Å². The molecular weight excluding hydrogens is 324 g/mol. The molecule has 0 fully saturated rings. The molecule has 0 radical (unpaired) electrons. The lowest BCUT2D eigenvalue weighted by Crippen LogP contribution is -2.10. The first-order valence-electron chi connectivity index (χ1n) is 6.57. The van der Waals surface area contributed by atoms with Gasteiger partial charge in [0.15, 0.2) is 15.6 Å². The number of benzene rings is 2. The monoisotopic (exact) mass is 338 g/mol. The Balaban J connectivity index is 2.26. The number of sulfone groups is 1. The zero-order valence-electron chi connectivity index (χ0n) is 12.0. The third-order valence-corrected chi connectivity index (χ3v) is 4.86. The molecule has 0 heterocycles. The van der Waals surface area contributed by atoms with E-state index < -0.39 is 9.84 Å². The minimum absolute atomic E-state index is 0.0853. The Labute approximate surface area is 134 Å². The van der Waals surface area contributed by atoms with Gasteiger partial charge in [-0.05, 0) is 37.3 Å². The van der Waals surface area contributed by atoms with Crippen molar-refractivity contribution in [2.45, 2.75) is 17.6 Å². The first-order valence-corrected chi connectivity index (χ1v) is 8.60. The summed E-state index contributed by atoms with van der Waals surface area (Å²) in [5.41, 5.74) is 0.513. The number of hydrogen-bond acceptors (Lipinski definition) is 4. The number of ether oxygens (including phenoxy) is 1. The maximum absolute atomic E-state index is 12.4. The number of carbonyl (C=O) groups excluding carboxylic acids is 1. The Kier molecular flexibility index (Phi) is 5.21. The summed E-state index contributed by atoms with van der Waals surface area (Å²) in [5.74, 6) is 0.0634. The van der Waals surface area contributed by atoms with Gasteiger partial charge in [0.05, 0.1) is 10.6 Å². The molecule has 2 aromatic carbocycles. The van der Waals surface area contributed by atoms with Gasteiger partial charge in [0.1, 0.15) is 12.4 Å². The Morgan fingerprint density at radius 1 is 1.09 bits per heavy atom. The molecule has 0 saturated heterocycles. The Bertz CT molecular complexity index is 767. The molecule has 0 saturated carbocycles. The third-order valence-electron chi connectivity index (χ3n) is 2.92. The van der Waals surface area contributed by atoms with Crippen LogP contribution in [0.4, 0.5) is 0 Å². The van der Waals surface area contributed by atoms with Crippen LogP contribution in [-0.2, 0) is 20.4 Å². The molecule has 0 amide bonds. The second-order valence-corrected chi connectivity index (χ2v) is 7.24. The average Bonchev–Trinajstić information content (AvgIpc) is 2.46. The van der Waals surface area contributed by atoms with E-state index in [0.717, 1.165) is 0 Å². The highest BCUT2D eigenvalue weighted by Crippen LogP contribution is 2.24. The predicted molar refractivity (Wildman–Crippen MR) is 85.0 cm³/mol. The molecule has 116 valence electrons. The van der Waals surface area contributed by atoms with Gasteiger partial charge >= 0.3 is 0 Å². The molecule has 0 aliphatic carbocycles. The van der Waals surface area contributed by atoms with Crippen molar-refractivity contribution in [2.24, 2.45) is 0 Å². The lowest BCUT2D eigenvalue weighted by molar-refractivity contribution is -0.118. The van der Waals surface area contributed by atoms with Crippen LogP contribution in [0.5, 0.6) is 5.75 Å². The fourth-order valence-electron chi connectivity index (χ4n) is 1.87. The molecule has 0 spiro atoms. The van der Waals surface area contributed by atoms with Gasteiger partial charge in [-0.1, -0.05) is 29.8 Å². The van der Waals surface area contributed by atoms with Gasteiger partial charge in [-0.3, -0.25) is 4.79 Å². The van der Waals surface area contributed by atoms with Gasteiger partial charge in [-0.25, -0.2) is 8.42 Å². The van der Waals surface area contributed by atoms with Crippen molar-refractivity contribution < 1.29 is 17.9 Å². The fraction of sp³-hybridized carbons (Fsp3) is 0.188. The molecule has 2 aromatic rings. The summed E-state index contributed by atoms with van der Waals surface area (Å²) in [7, 11) is -3.51. The lowest BCUT2D eigenvalue weighted by atomic mass is 10.2. The second-order valence-electron chi connectivity index (χ2n) is 4.81. The molecule has 2 rings (SSSR count). The van der Waals surface area contributed by atoms with Crippen LogP contribution >= 0.6 is 11.6 Å². The summed E-state index contributed by atoms with van der Waals surface area (Å²) in [4.78, 5) is 11.2. The van der Waals surface area contributed by atoms with Crippen molar-refractivity contribution in [3.05, 3.63) is 59.1 Å². The van der Waals surface area contributed by atoms with Gasteiger partial charge < -0.3 is 4.74 Å². The molecule has 6 heteroatoms. The van der Waals surface area contributed by atoms with E-state index in [0.29, 0.717) is 16.3 Å². The number of carbonyl (C=O) groups is 1. The van der Waals surface area contributed by atoms with E-state index in [1.807, 2.05) is 0 Å². The van der Waals surface area contributed by atoms with Crippen LogP contribution in [0.25, 0.3) is 0 Å². The van der Waals surface area contributed by atoms with E-state index in [1.165, 1.54) is 31.2 Å². The van der Waals surface area contributed by atoms with Crippen LogP contribution in [0.1, 0.15) is 12.5 Å². The van der Waals surface area contributed by atoms with Crippen molar-refractivity contribution in [3.63, 3.8) is 0 Å². The van der Waals surface area contributed by atoms with Gasteiger partial charge in [0.2, 0.25) is 0 Å². The normalized spacial score (nSPS) is 11.2. The molecule has 0 aromatic heterocycles. The van der Waals surface area contributed by atoms with Crippen molar-refractivity contribution >= 4 is 27.2 Å². The Morgan fingerprint density at radius 3 is 2.36 bits per heavy atom. The van der Waals surface area contributed by atoms with E-state index in [4.69, 9.17) is 16.3 Å². The standard InChI is InChI=1S/C16H15ClO4S/c1-12(18)10-21-16-5-3-2-4-13(16)11-22(19,20)15-8-6-14(17)7-9-15/h2-9H,10-11H2,1H3. The summed E-state index contributed by atoms with van der Waals surface area (Å²) >= 11 is 5.77. The summed E-state index contributed by atoms with van der Waals surface area (Å²) in [6.45, 7) is 1.32. The summed E-state index contributed by atoms with van der Waals surface area (Å²) in [6, 6.07) is 12.8. The molecule has 0 aliphatic heterocycles. The SMILES string of the molecule is CC(=O)COc1ccccc1CS(=O)(=O)c1ccc(Cl)cc1. The number of hydrogen-bond donors (Lipinski definition) is 0. The highest BCUT2D eigenvalue weighted by atomic mass is 35.5. The number of rotatable bonds is 6. The minimum Gasteiger partial charge on any atom is -0.486 e. The second kappa shape index (κ2) is 6.94. The minimum atomic E-state index is -3.51. The molecule has 22 heavy (non-hydrogen) atoms. The van der Waals surface area contributed by atoms with Gasteiger partial charge in [0, 0.05) is 10.6 Å². The highest BCUT2D eigenvalue weighted by molar-refractivity contribution is 7.90. The van der Waals surface area contributed by atoms with E-state index in [-0.39, 0.29) is 23.0 Å². The maximum Gasteiger partial charge on any atom is 0.182 e. The lowest BCUT2D eigenvalue weighted by Gasteiger charge is -2.11. The molecule has 0 aliphatic rings. The summed E-state index contributed by atoms with van der Waals surface area (Å²) in [6.07, 6.45) is 0. The van der Waals surface area contributed by atoms with Gasteiger partial charge in [0.25, 0.3) is 0 Å². The highest BCUT2D eigenvalue weighted by Gasteiger charge is 2.18. The molecule has 4 nitrogen and oxygen atoms in total. The van der Waals surface area contributed by atoms with E-state index >= 15 is 0 Å². The van der Waals surface area contributed by atoms with Crippen LogP contribution in [-0.4, -0.2) is 20.8 Å². The number of ketones is 1. The van der Waals surface area contributed by atoms with Gasteiger partial charge in [-0.15, -0.1) is 0 Å². The topological polar surface area (TPSA) is 60.4 Å². The fourth-order valence-corrected chi connectivity index (χ4v) is 3.36. The Morgan fingerprint density at radius 2 is 1.73 bits per heavy atom. The average molecular weight is 339 g/mol. The molecule has 0 bridgehead atoms. The first-order chi connectivity index (χ1) is 10.4. The third kappa shape index (κ3) is 4.32. The molecular formula is C16H15ClO4S. The van der Waals surface area contributed by atoms with Crippen LogP contribution < -0.4 is 4.74 Å². The van der Waals surface area contributed by atoms with E-state index in [9.17, 15) is 13.2 Å². The van der Waals surface area contributed by atoms with E-state index in [1.54, 1.807) is 24.3 Å². The van der Waals surface area contributed by atoms with Crippen molar-refractivity contribution in [2.75, 3.05) is 6.61 Å². The maximum atomic E-state index is 12.4. The van der Waals surface area contributed by atoms with E-state index in [2.05, 4.69) is 0 Å². The molecule has 0 atom stereocenters. The predicted octanol–water partition coefficient (Wildman–Crippen LogP) is 3.28. The Hall–Kier alpha value is -1.85. The summed E-state index contributed by atoms with van der Waals surface area (Å²) < 4.78 is 30.2. The smallest absolute Gasteiger partial charge is 0.182 e.